The predicted octanol–water partition coefficient (Wildman–Crippen LogP) is 4.93. The summed E-state index contributed by atoms with van der Waals surface area (Å²) >= 11 is 0. The van der Waals surface area contributed by atoms with Crippen LogP contribution in [0.3, 0.4) is 0 Å². The average molecular weight is 348 g/mol. The zero-order chi connectivity index (χ0) is 19.4. The molecule has 1 aliphatic carbocycles. The third-order valence-corrected chi connectivity index (χ3v) is 4.99. The highest BCUT2D eigenvalue weighted by Gasteiger charge is 2.45. The van der Waals surface area contributed by atoms with Crippen molar-refractivity contribution >= 4 is 11.9 Å². The van der Waals surface area contributed by atoms with E-state index in [1.165, 1.54) is 0 Å². The van der Waals surface area contributed by atoms with Crippen LogP contribution in [-0.4, -0.2) is 22.2 Å². The van der Waals surface area contributed by atoms with Crippen molar-refractivity contribution in [2.45, 2.75) is 54.4 Å². The van der Waals surface area contributed by atoms with E-state index in [9.17, 15) is 19.8 Å². The van der Waals surface area contributed by atoms with Gasteiger partial charge in [0.15, 0.2) is 0 Å². The van der Waals surface area contributed by atoms with Crippen LogP contribution >= 0.6 is 0 Å². The van der Waals surface area contributed by atoms with Crippen LogP contribution in [0.1, 0.15) is 54.4 Å². The quantitative estimate of drug-likeness (QED) is 0.370. The fourth-order valence-electron chi connectivity index (χ4n) is 4.02. The molecule has 2 N–H and O–H groups in total. The molecule has 0 aliphatic heterocycles. The number of carbonyl (C=O) groups is 2. The summed E-state index contributed by atoms with van der Waals surface area (Å²) in [6.45, 7) is 12.4. The Morgan fingerprint density at radius 1 is 0.960 bits per heavy atom. The molecule has 0 heterocycles. The molecule has 140 valence electrons. The predicted molar refractivity (Wildman–Crippen MR) is 100 cm³/mol. The highest BCUT2D eigenvalue weighted by atomic mass is 16.4. The van der Waals surface area contributed by atoms with Crippen LogP contribution in [0.5, 0.6) is 0 Å². The van der Waals surface area contributed by atoms with E-state index in [-0.39, 0.29) is 17.8 Å². The van der Waals surface area contributed by atoms with Crippen molar-refractivity contribution in [1.82, 2.24) is 0 Å². The Hall–Kier alpha value is -1.84. The molecule has 1 rings (SSSR count). The lowest BCUT2D eigenvalue weighted by atomic mass is 9.57. The van der Waals surface area contributed by atoms with Gasteiger partial charge in [0.2, 0.25) is 0 Å². The molecule has 0 fully saturated rings. The number of rotatable bonds is 8. The fourth-order valence-corrected chi connectivity index (χ4v) is 4.02. The van der Waals surface area contributed by atoms with E-state index in [4.69, 9.17) is 0 Å². The number of aliphatic carboxylic acids is 2. The molecule has 0 radical (unpaired) electrons. The number of carboxylic acid groups (broad SMARTS) is 2. The van der Waals surface area contributed by atoms with Crippen molar-refractivity contribution in [1.29, 1.82) is 0 Å². The number of hydrogen-bond acceptors (Lipinski definition) is 2. The Morgan fingerprint density at radius 3 is 1.92 bits per heavy atom. The fraction of sp³-hybridized carbons (Fsp3) is 0.619. The van der Waals surface area contributed by atoms with Gasteiger partial charge >= 0.3 is 11.9 Å². The van der Waals surface area contributed by atoms with Gasteiger partial charge in [0.25, 0.3) is 0 Å². The van der Waals surface area contributed by atoms with Crippen molar-refractivity contribution in [3.05, 3.63) is 35.5 Å². The highest BCUT2D eigenvalue weighted by Crippen LogP contribution is 2.52. The average Bonchev–Trinajstić information content (AvgIpc) is 2.45. The second-order valence-corrected chi connectivity index (χ2v) is 8.13. The van der Waals surface area contributed by atoms with E-state index in [1.807, 2.05) is 32.1 Å². The maximum Gasteiger partial charge on any atom is 0.343 e. The Labute approximate surface area is 151 Å². The summed E-state index contributed by atoms with van der Waals surface area (Å²) < 4.78 is 0. The maximum atomic E-state index is 11.8. The topological polar surface area (TPSA) is 74.6 Å². The Balaban J connectivity index is 3.76. The molecule has 0 spiro atoms. The second kappa shape index (κ2) is 8.50. The number of carboxylic acids is 2. The van der Waals surface area contributed by atoms with E-state index < -0.39 is 22.9 Å². The lowest BCUT2D eigenvalue weighted by Crippen LogP contribution is -2.40. The summed E-state index contributed by atoms with van der Waals surface area (Å²) in [4.78, 5) is 23.6. The molecule has 4 nitrogen and oxygen atoms in total. The first-order valence-corrected chi connectivity index (χ1v) is 9.10. The molecular formula is C21H32O4. The van der Waals surface area contributed by atoms with Gasteiger partial charge in [0.1, 0.15) is 5.57 Å². The zero-order valence-corrected chi connectivity index (χ0v) is 16.2. The van der Waals surface area contributed by atoms with Crippen LogP contribution in [0.25, 0.3) is 0 Å². The minimum Gasteiger partial charge on any atom is -0.477 e. The van der Waals surface area contributed by atoms with Crippen LogP contribution in [0.4, 0.5) is 0 Å². The molecule has 0 aromatic rings. The molecule has 4 heteroatoms. The molecule has 0 amide bonds. The van der Waals surface area contributed by atoms with Crippen LogP contribution < -0.4 is 0 Å². The SMILES string of the molecule is CC(C)CC(=C(C(=O)O)C(=O)O)C1(C(C)C)C=CC=CC1CC(C)C. The first-order valence-electron chi connectivity index (χ1n) is 9.10. The van der Waals surface area contributed by atoms with E-state index in [0.29, 0.717) is 17.9 Å². The van der Waals surface area contributed by atoms with Gasteiger partial charge < -0.3 is 10.2 Å². The van der Waals surface area contributed by atoms with Crippen LogP contribution in [0, 0.1) is 29.1 Å². The van der Waals surface area contributed by atoms with Crippen molar-refractivity contribution in [3.8, 4) is 0 Å². The van der Waals surface area contributed by atoms with Crippen molar-refractivity contribution in [2.24, 2.45) is 29.1 Å². The largest absolute Gasteiger partial charge is 0.477 e. The molecule has 0 aromatic carbocycles. The molecule has 2 atom stereocenters. The second-order valence-electron chi connectivity index (χ2n) is 8.13. The molecule has 0 bridgehead atoms. The monoisotopic (exact) mass is 348 g/mol. The van der Waals surface area contributed by atoms with E-state index in [1.54, 1.807) is 0 Å². The van der Waals surface area contributed by atoms with Crippen LogP contribution in [0.2, 0.25) is 0 Å². The molecular weight excluding hydrogens is 316 g/mol. The van der Waals surface area contributed by atoms with Gasteiger partial charge in [0, 0.05) is 5.41 Å². The summed E-state index contributed by atoms with van der Waals surface area (Å²) in [6.07, 6.45) is 9.41. The van der Waals surface area contributed by atoms with Gasteiger partial charge in [-0.2, -0.15) is 0 Å². The Kier molecular flexibility index (Phi) is 7.21. The number of allylic oxidation sites excluding steroid dienone is 5. The molecule has 1 aliphatic rings. The van der Waals surface area contributed by atoms with Crippen molar-refractivity contribution in [2.75, 3.05) is 0 Å². The number of hydrogen-bond donors (Lipinski definition) is 2. The van der Waals surface area contributed by atoms with Gasteiger partial charge in [-0.25, -0.2) is 9.59 Å². The van der Waals surface area contributed by atoms with E-state index in [0.717, 1.165) is 6.42 Å². The molecule has 0 aromatic heterocycles. The van der Waals surface area contributed by atoms with Gasteiger partial charge in [-0.3, -0.25) is 0 Å². The summed E-state index contributed by atoms with van der Waals surface area (Å²) in [7, 11) is 0. The summed E-state index contributed by atoms with van der Waals surface area (Å²) in [5, 5.41) is 19.3. The first-order chi connectivity index (χ1) is 11.5. The molecule has 0 saturated heterocycles. The van der Waals surface area contributed by atoms with Crippen molar-refractivity contribution in [3.63, 3.8) is 0 Å². The van der Waals surface area contributed by atoms with Gasteiger partial charge in [-0.05, 0) is 42.1 Å². The van der Waals surface area contributed by atoms with Crippen LogP contribution in [-0.2, 0) is 9.59 Å². The maximum absolute atomic E-state index is 11.8. The zero-order valence-electron chi connectivity index (χ0n) is 16.2. The minimum absolute atomic E-state index is 0.0832. The van der Waals surface area contributed by atoms with E-state index >= 15 is 0 Å². The first kappa shape index (κ1) is 21.2. The Bertz CT molecular complexity index is 577. The van der Waals surface area contributed by atoms with Gasteiger partial charge in [-0.1, -0.05) is 65.8 Å². The third kappa shape index (κ3) is 4.62. The van der Waals surface area contributed by atoms with E-state index in [2.05, 4.69) is 33.8 Å². The smallest absolute Gasteiger partial charge is 0.343 e. The minimum atomic E-state index is -1.35. The lowest BCUT2D eigenvalue weighted by molar-refractivity contribution is -0.140. The third-order valence-electron chi connectivity index (χ3n) is 4.99. The molecule has 0 saturated carbocycles. The standard InChI is InChI=1S/C21H32O4/c1-13(2)11-16-9-7-8-10-21(16,15(5)6)17(12-14(3)4)18(19(22)23)20(24)25/h7-10,13-16H,11-12H2,1-6H3,(H,22,23)(H,24,25). The molecule has 25 heavy (non-hydrogen) atoms. The Morgan fingerprint density at radius 2 is 1.52 bits per heavy atom. The van der Waals surface area contributed by atoms with Crippen molar-refractivity contribution < 1.29 is 19.8 Å². The summed E-state index contributed by atoms with van der Waals surface area (Å²) in [5.74, 6) is -1.94. The lowest BCUT2D eigenvalue weighted by Gasteiger charge is -2.46. The normalized spacial score (nSPS) is 22.7. The summed E-state index contributed by atoms with van der Waals surface area (Å²) in [6, 6.07) is 0. The van der Waals surface area contributed by atoms with Gasteiger partial charge in [-0.15, -0.1) is 0 Å². The van der Waals surface area contributed by atoms with Crippen LogP contribution in [0.15, 0.2) is 35.5 Å². The highest BCUT2D eigenvalue weighted by molar-refractivity contribution is 6.13. The summed E-state index contributed by atoms with van der Waals surface area (Å²) in [5.41, 5.74) is -0.505. The molecule has 2 unspecified atom stereocenters. The van der Waals surface area contributed by atoms with Gasteiger partial charge in [0.05, 0.1) is 0 Å².